The predicted molar refractivity (Wildman–Crippen MR) is 44.0 cm³/mol. The van der Waals surface area contributed by atoms with Gasteiger partial charge in [-0.05, 0) is 18.2 Å². The van der Waals surface area contributed by atoms with Gasteiger partial charge in [0.1, 0.15) is 5.75 Å². The Morgan fingerprint density at radius 1 is 1.58 bits per heavy atom. The second kappa shape index (κ2) is 3.61. The monoisotopic (exact) mass is 167 g/mol. The van der Waals surface area contributed by atoms with Crippen LogP contribution < -0.4 is 15.6 Å². The van der Waals surface area contributed by atoms with Crippen molar-refractivity contribution in [3.05, 3.63) is 29.8 Å². The van der Waals surface area contributed by atoms with Gasteiger partial charge in [-0.25, -0.2) is 0 Å². The van der Waals surface area contributed by atoms with Crippen molar-refractivity contribution in [2.45, 2.75) is 0 Å². The van der Waals surface area contributed by atoms with Crippen LogP contribution in [-0.2, 0) is 0 Å². The van der Waals surface area contributed by atoms with Crippen molar-refractivity contribution in [2.75, 3.05) is 7.11 Å². The van der Waals surface area contributed by atoms with Crippen molar-refractivity contribution in [1.29, 1.82) is 0 Å². The van der Waals surface area contributed by atoms with E-state index < -0.39 is 0 Å². The summed E-state index contributed by atoms with van der Waals surface area (Å²) in [6, 6.07) is 7.08. The normalized spacial score (nSPS) is 11.2. The largest absolute Gasteiger partial charge is 0.497 e. The first-order valence-corrected chi connectivity index (χ1v) is 3.45. The van der Waals surface area contributed by atoms with E-state index in [1.807, 2.05) is 5.16 Å². The Balaban J connectivity index is 3.02. The molecule has 0 atom stereocenters. The molecule has 4 N–H and O–H groups in total. The molecular weight excluding hydrogens is 156 g/mol. The third-order valence-electron chi connectivity index (χ3n) is 1.50. The van der Waals surface area contributed by atoms with Gasteiger partial charge in [0, 0.05) is 0 Å². The minimum Gasteiger partial charge on any atom is -0.497 e. The van der Waals surface area contributed by atoms with Gasteiger partial charge < -0.3 is 9.94 Å². The lowest BCUT2D eigenvalue weighted by molar-refractivity contribution is -0.737. The van der Waals surface area contributed by atoms with Gasteiger partial charge in [-0.15, -0.1) is 0 Å². The van der Waals surface area contributed by atoms with Crippen molar-refractivity contribution in [3.8, 4) is 5.75 Å². The molecule has 0 aliphatic rings. The minimum absolute atomic E-state index is 0.203. The summed E-state index contributed by atoms with van der Waals surface area (Å²) in [5, 5.41) is 10.4. The van der Waals surface area contributed by atoms with Crippen molar-refractivity contribution in [1.82, 2.24) is 0 Å². The molecule has 1 aromatic carbocycles. The molecule has 0 aliphatic heterocycles. The predicted octanol–water partition coefficient (Wildman–Crippen LogP) is -1.13. The Labute approximate surface area is 70.3 Å². The van der Waals surface area contributed by atoms with Crippen LogP contribution in [-0.4, -0.2) is 18.2 Å². The molecule has 12 heavy (non-hydrogen) atoms. The Morgan fingerprint density at radius 3 is 2.92 bits per heavy atom. The summed E-state index contributed by atoms with van der Waals surface area (Å²) >= 11 is 0. The molecule has 0 saturated carbocycles. The molecule has 4 nitrogen and oxygen atoms in total. The first-order valence-electron chi connectivity index (χ1n) is 3.45. The van der Waals surface area contributed by atoms with Crippen LogP contribution in [0.3, 0.4) is 0 Å². The fraction of sp³-hybridized carbons (Fsp3) is 0.125. The van der Waals surface area contributed by atoms with Crippen molar-refractivity contribution in [2.24, 2.45) is 5.73 Å². The fourth-order valence-corrected chi connectivity index (χ4v) is 0.855. The van der Waals surface area contributed by atoms with E-state index >= 15 is 0 Å². The molecule has 0 fully saturated rings. The number of hydrogen-bond donors (Lipinski definition) is 3. The molecule has 0 spiro atoms. The highest BCUT2D eigenvalue weighted by molar-refractivity contribution is 5.93. The van der Waals surface area contributed by atoms with Crippen LogP contribution in [0.1, 0.15) is 5.56 Å². The topological polar surface area (TPSA) is 69.5 Å². The number of nitrogen functional groups attached to an aromatic ring is 1. The van der Waals surface area contributed by atoms with E-state index in [9.17, 15) is 0 Å². The fourth-order valence-electron chi connectivity index (χ4n) is 0.855. The quantitative estimate of drug-likeness (QED) is 0.226. The maximum Gasteiger partial charge on any atom is 0.311 e. The molecule has 64 valence electrons. The summed E-state index contributed by atoms with van der Waals surface area (Å²) in [6.07, 6.45) is 0. The highest BCUT2D eigenvalue weighted by Gasteiger charge is 2.04. The highest BCUT2D eigenvalue weighted by atomic mass is 16.5. The number of hydrogen-bond acceptors (Lipinski definition) is 2. The molecule has 0 aliphatic carbocycles. The summed E-state index contributed by atoms with van der Waals surface area (Å²) in [5.74, 6) is 0.902. The van der Waals surface area contributed by atoms with Gasteiger partial charge in [-0.2, -0.15) is 0 Å². The van der Waals surface area contributed by atoms with Gasteiger partial charge in [-0.1, -0.05) is 11.2 Å². The standard InChI is InChI=1S/C8H10N2O2/c1-12-7-4-2-3-6(5-7)8(9)10-11/h2-5,11H,1H3,(H2,9,10)/p+1. The van der Waals surface area contributed by atoms with Crippen LogP contribution in [0.15, 0.2) is 24.3 Å². The molecule has 0 heterocycles. The molecule has 0 unspecified atom stereocenters. The van der Waals surface area contributed by atoms with Crippen molar-refractivity contribution < 1.29 is 15.1 Å². The number of methoxy groups -OCH3 is 1. The van der Waals surface area contributed by atoms with Crippen LogP contribution in [0.5, 0.6) is 5.75 Å². The molecule has 1 rings (SSSR count). The van der Waals surface area contributed by atoms with Gasteiger partial charge >= 0.3 is 5.84 Å². The third kappa shape index (κ3) is 1.66. The van der Waals surface area contributed by atoms with Gasteiger partial charge in [0.15, 0.2) is 0 Å². The summed E-state index contributed by atoms with van der Waals surface area (Å²) < 4.78 is 4.97. The van der Waals surface area contributed by atoms with Crippen LogP contribution in [0, 0.1) is 0 Å². The van der Waals surface area contributed by atoms with E-state index in [0.29, 0.717) is 11.3 Å². The zero-order valence-electron chi connectivity index (χ0n) is 6.74. The summed E-state index contributed by atoms with van der Waals surface area (Å²) in [6.45, 7) is 0. The number of nitrogens with two attached hydrogens (primary N) is 1. The maximum atomic E-state index is 8.50. The number of nitrogens with one attached hydrogen (secondary N) is 1. The van der Waals surface area contributed by atoms with E-state index in [1.165, 1.54) is 0 Å². The summed E-state index contributed by atoms with van der Waals surface area (Å²) in [5.41, 5.74) is 6.11. The molecule has 1 aromatic rings. The van der Waals surface area contributed by atoms with Crippen LogP contribution >= 0.6 is 0 Å². The van der Waals surface area contributed by atoms with E-state index in [4.69, 9.17) is 15.7 Å². The number of amidine groups is 1. The molecule has 0 amide bonds. The molecular formula is C8H11N2O2+. The maximum absolute atomic E-state index is 8.50. The van der Waals surface area contributed by atoms with E-state index in [1.54, 1.807) is 31.4 Å². The lowest BCUT2D eigenvalue weighted by Gasteiger charge is -1.99. The lowest BCUT2D eigenvalue weighted by atomic mass is 10.2. The van der Waals surface area contributed by atoms with E-state index in [0.717, 1.165) is 0 Å². The molecule has 4 heteroatoms. The first kappa shape index (κ1) is 8.39. The summed E-state index contributed by atoms with van der Waals surface area (Å²) in [7, 11) is 1.57. The van der Waals surface area contributed by atoms with Gasteiger partial charge in [-0.3, -0.25) is 5.73 Å². The third-order valence-corrected chi connectivity index (χ3v) is 1.50. The van der Waals surface area contributed by atoms with E-state index in [-0.39, 0.29) is 5.84 Å². The van der Waals surface area contributed by atoms with Crippen LogP contribution in [0.4, 0.5) is 0 Å². The van der Waals surface area contributed by atoms with Crippen LogP contribution in [0.2, 0.25) is 0 Å². The highest BCUT2D eigenvalue weighted by Crippen LogP contribution is 2.10. The smallest absolute Gasteiger partial charge is 0.311 e. The molecule has 0 bridgehead atoms. The Morgan fingerprint density at radius 2 is 2.33 bits per heavy atom. The van der Waals surface area contributed by atoms with Crippen LogP contribution in [0.25, 0.3) is 0 Å². The molecule has 0 aromatic heterocycles. The minimum atomic E-state index is 0.203. The lowest BCUT2D eigenvalue weighted by Crippen LogP contribution is -2.71. The Bertz CT molecular complexity index is 297. The Kier molecular flexibility index (Phi) is 2.53. The van der Waals surface area contributed by atoms with Crippen molar-refractivity contribution in [3.63, 3.8) is 0 Å². The van der Waals surface area contributed by atoms with Crippen molar-refractivity contribution >= 4 is 5.84 Å². The Hall–Kier alpha value is -1.71. The number of benzene rings is 1. The van der Waals surface area contributed by atoms with E-state index in [2.05, 4.69) is 0 Å². The number of ether oxygens (including phenoxy) is 1. The second-order valence-electron chi connectivity index (χ2n) is 2.26. The average Bonchev–Trinajstić information content (AvgIpc) is 2.17. The van der Waals surface area contributed by atoms with Gasteiger partial charge in [0.25, 0.3) is 0 Å². The zero-order chi connectivity index (χ0) is 8.97. The number of rotatable bonds is 2. The van der Waals surface area contributed by atoms with Gasteiger partial charge in [0.2, 0.25) is 0 Å². The average molecular weight is 167 g/mol. The molecule has 0 radical (unpaired) electrons. The summed E-state index contributed by atoms with van der Waals surface area (Å²) in [4.78, 5) is 0. The van der Waals surface area contributed by atoms with Gasteiger partial charge in [0.05, 0.1) is 12.7 Å². The second-order valence-corrected chi connectivity index (χ2v) is 2.26. The SMILES string of the molecule is COc1cccc(C(N)=[NH+]O)c1. The molecule has 0 saturated heterocycles. The first-order chi connectivity index (χ1) is 5.77. The zero-order valence-corrected chi connectivity index (χ0v) is 6.74.